The largest absolute Gasteiger partial charge is 0.459 e. The second kappa shape index (κ2) is 14.0. The number of pyridine rings is 1. The minimum Gasteiger partial charge on any atom is -0.459 e. The summed E-state index contributed by atoms with van der Waals surface area (Å²) in [4.78, 5) is 16.2. The second-order valence-corrected chi connectivity index (χ2v) is 13.3. The Hall–Kier alpha value is -4.15. The van der Waals surface area contributed by atoms with Crippen molar-refractivity contribution in [3.63, 3.8) is 0 Å². The average molecular weight is 737 g/mol. The van der Waals surface area contributed by atoms with Crippen molar-refractivity contribution in [2.24, 2.45) is 5.92 Å². The predicted molar refractivity (Wildman–Crippen MR) is 183 cm³/mol. The Balaban J connectivity index is 0.00000152. The van der Waals surface area contributed by atoms with E-state index in [2.05, 4.69) is 15.0 Å². The fourth-order valence-corrected chi connectivity index (χ4v) is 8.26. The zero-order chi connectivity index (χ0) is 36.4. The molecule has 16 heteroatoms. The van der Waals surface area contributed by atoms with E-state index >= 15 is 8.78 Å². The molecule has 5 heterocycles. The minimum atomic E-state index is -3.00. The van der Waals surface area contributed by atoms with Gasteiger partial charge in [-0.15, -0.1) is 0 Å². The Bertz CT molecular complexity index is 1990. The van der Waals surface area contributed by atoms with E-state index in [0.717, 1.165) is 12.5 Å². The Kier molecular flexibility index (Phi) is 10.1. The summed E-state index contributed by atoms with van der Waals surface area (Å²) in [5.41, 5.74) is 3.47. The number of ether oxygens (including phenoxy) is 2. The molecule has 52 heavy (non-hydrogen) atoms. The van der Waals surface area contributed by atoms with Crippen molar-refractivity contribution in [2.45, 2.75) is 89.7 Å². The maximum Gasteiger partial charge on any atom is 0.344 e. The van der Waals surface area contributed by atoms with Crippen LogP contribution in [0.25, 0.3) is 32.9 Å². The molecule has 2 aromatic carbocycles. The first kappa shape index (κ1) is 37.6. The minimum absolute atomic E-state index is 0. The number of nitrogens with two attached hydrogens (primary N) is 1. The lowest BCUT2D eigenvalue weighted by Crippen LogP contribution is -2.62. The maximum absolute atomic E-state index is 16.9. The molecule has 2 aromatic heterocycles. The lowest BCUT2D eigenvalue weighted by atomic mass is 9.90. The molecule has 4 aliphatic rings. The molecule has 3 saturated heterocycles. The van der Waals surface area contributed by atoms with Crippen molar-refractivity contribution in [1.29, 1.82) is 0 Å². The number of benzene rings is 2. The number of halogens is 6. The highest BCUT2D eigenvalue weighted by Gasteiger charge is 2.63. The fourth-order valence-electron chi connectivity index (χ4n) is 8.26. The van der Waals surface area contributed by atoms with Gasteiger partial charge in [0.2, 0.25) is 12.7 Å². The second-order valence-electron chi connectivity index (χ2n) is 13.3. The van der Waals surface area contributed by atoms with Crippen LogP contribution in [0.2, 0.25) is 0 Å². The summed E-state index contributed by atoms with van der Waals surface area (Å²) in [6, 6.07) is 2.06. The highest BCUT2D eigenvalue weighted by molar-refractivity contribution is 6.04. The zero-order valence-electron chi connectivity index (χ0n) is 28.0. The van der Waals surface area contributed by atoms with E-state index in [4.69, 9.17) is 15.2 Å². The molecule has 282 valence electrons. The average Bonchev–Trinajstić information content (AvgIpc) is 3.45. The Morgan fingerprint density at radius 3 is 2.56 bits per heavy atom. The first-order valence-corrected chi connectivity index (χ1v) is 17.1. The van der Waals surface area contributed by atoms with Gasteiger partial charge in [-0.3, -0.25) is 9.88 Å². The quantitative estimate of drug-likeness (QED) is 0.107. The third-order valence-electron chi connectivity index (χ3n) is 10.5. The van der Waals surface area contributed by atoms with Crippen molar-refractivity contribution in [1.82, 2.24) is 19.9 Å². The highest BCUT2D eigenvalue weighted by atomic mass is 19.2. The van der Waals surface area contributed by atoms with Crippen molar-refractivity contribution < 1.29 is 46.0 Å². The van der Waals surface area contributed by atoms with Gasteiger partial charge in [0, 0.05) is 48.3 Å². The molecule has 4 aromatic rings. The molecule has 1 aliphatic carbocycles. The Labute approximate surface area is 296 Å². The number of nitrogen functional groups attached to an aromatic ring is 1. The summed E-state index contributed by atoms with van der Waals surface area (Å²) >= 11 is 0. The molecule has 1 saturated carbocycles. The first-order chi connectivity index (χ1) is 24.4. The van der Waals surface area contributed by atoms with Crippen LogP contribution in [-0.2, 0) is 0 Å². The van der Waals surface area contributed by atoms with Gasteiger partial charge in [0.15, 0.2) is 17.4 Å². The van der Waals surface area contributed by atoms with Gasteiger partial charge in [0.1, 0.15) is 34.9 Å². The van der Waals surface area contributed by atoms with Gasteiger partial charge in [0.25, 0.3) is 0 Å². The number of alkyl halides is 3. The SMILES string of the molecule is C.CC.Nc1cc(-c2ncc3c(N4CCCCC5C(F)C54)nc(OC(O)(O)[C@@]45CCCN4CC(F)C5)nc3c2F)c2c(OCF)c(F)c(F)cc2c1. The number of anilines is 2. The van der Waals surface area contributed by atoms with E-state index in [1.54, 1.807) is 9.80 Å². The summed E-state index contributed by atoms with van der Waals surface area (Å²) in [6.45, 7) is 3.20. The number of rotatable bonds is 7. The van der Waals surface area contributed by atoms with Crippen LogP contribution in [0.1, 0.15) is 59.8 Å². The number of aromatic nitrogens is 3. The van der Waals surface area contributed by atoms with Crippen LogP contribution >= 0.6 is 0 Å². The molecule has 0 radical (unpaired) electrons. The van der Waals surface area contributed by atoms with Crippen molar-refractivity contribution >= 4 is 33.2 Å². The van der Waals surface area contributed by atoms with Crippen molar-refractivity contribution in [2.75, 3.05) is 37.1 Å². The number of hydrogen-bond donors (Lipinski definition) is 3. The lowest BCUT2D eigenvalue weighted by Gasteiger charge is -2.40. The van der Waals surface area contributed by atoms with E-state index in [9.17, 15) is 27.8 Å². The first-order valence-electron chi connectivity index (χ1n) is 17.1. The third-order valence-corrected chi connectivity index (χ3v) is 10.5. The molecule has 3 aliphatic heterocycles. The zero-order valence-corrected chi connectivity index (χ0v) is 28.0. The van der Waals surface area contributed by atoms with E-state index in [1.807, 2.05) is 13.8 Å². The molecular weight excluding hydrogens is 694 g/mol. The Morgan fingerprint density at radius 1 is 1.04 bits per heavy atom. The summed E-state index contributed by atoms with van der Waals surface area (Å²) in [6.07, 6.45) is 1.30. The van der Waals surface area contributed by atoms with Crippen LogP contribution in [0.15, 0.2) is 24.4 Å². The number of fused-ring (bicyclic) bond motifs is 4. The molecule has 4 fully saturated rings. The predicted octanol–water partition coefficient (Wildman–Crippen LogP) is 6.73. The molecular formula is C36H42F6N6O4. The van der Waals surface area contributed by atoms with Crippen LogP contribution in [-0.4, -0.2) is 86.5 Å². The van der Waals surface area contributed by atoms with E-state index in [0.29, 0.717) is 32.4 Å². The van der Waals surface area contributed by atoms with E-state index in [1.165, 1.54) is 18.3 Å². The lowest BCUT2D eigenvalue weighted by molar-refractivity contribution is -0.349. The molecule has 0 bridgehead atoms. The monoisotopic (exact) mass is 736 g/mol. The van der Waals surface area contributed by atoms with Crippen LogP contribution in [0, 0.1) is 23.4 Å². The molecule has 8 rings (SSSR count). The van der Waals surface area contributed by atoms with Crippen LogP contribution in [0.4, 0.5) is 37.8 Å². The molecule has 0 amide bonds. The summed E-state index contributed by atoms with van der Waals surface area (Å²) in [7, 11) is 0. The van der Waals surface area contributed by atoms with Crippen LogP contribution < -0.4 is 20.1 Å². The van der Waals surface area contributed by atoms with Gasteiger partial charge >= 0.3 is 12.0 Å². The molecule has 5 atom stereocenters. The van der Waals surface area contributed by atoms with E-state index < -0.39 is 77.2 Å². The van der Waals surface area contributed by atoms with Gasteiger partial charge in [-0.1, -0.05) is 27.7 Å². The summed E-state index contributed by atoms with van der Waals surface area (Å²) in [5.74, 6) is -8.06. The smallest absolute Gasteiger partial charge is 0.344 e. The standard InChI is InChI=1S/C33H32F6N6O4.C2H6.CH4/c34-14-48-29-22-15(9-21(36)24(29)38)8-17(40)10-19(22)26-25(39)27-20(12-41-26)30(45-7-2-1-4-18-23(37)28(18)45)43-31(42-27)49-33(46,47)32-5-3-6-44(32)13-16(35)11-32;1-2;/h8-10,12,16,18,23,28,46-47H,1-7,11,13-14,40H2;1-2H3;1H4/t16?,18?,23?,28?,32-;;/m0../s1. The topological polar surface area (TPSA) is 130 Å². The summed E-state index contributed by atoms with van der Waals surface area (Å²) in [5, 5.41) is 22.6. The fraction of sp³-hybridized carbons (Fsp3) is 0.528. The van der Waals surface area contributed by atoms with Gasteiger partial charge in [-0.25, -0.2) is 22.0 Å². The van der Waals surface area contributed by atoms with Gasteiger partial charge in [-0.05, 0) is 55.8 Å². The molecule has 0 spiro atoms. The molecule has 10 nitrogen and oxygen atoms in total. The highest BCUT2D eigenvalue weighted by Crippen LogP contribution is 2.50. The summed E-state index contributed by atoms with van der Waals surface area (Å²) < 4.78 is 99.7. The van der Waals surface area contributed by atoms with E-state index in [-0.39, 0.29) is 66.0 Å². The Morgan fingerprint density at radius 2 is 1.81 bits per heavy atom. The number of hydrogen-bond acceptors (Lipinski definition) is 10. The molecule has 4 N–H and O–H groups in total. The van der Waals surface area contributed by atoms with Gasteiger partial charge < -0.3 is 30.3 Å². The van der Waals surface area contributed by atoms with Gasteiger partial charge in [-0.2, -0.15) is 14.4 Å². The molecule has 4 unspecified atom stereocenters. The van der Waals surface area contributed by atoms with Crippen molar-refractivity contribution in [3.05, 3.63) is 41.8 Å². The van der Waals surface area contributed by atoms with Crippen LogP contribution in [0.5, 0.6) is 11.8 Å². The van der Waals surface area contributed by atoms with Gasteiger partial charge in [0.05, 0.1) is 11.4 Å². The normalized spacial score (nSPS) is 25.5. The maximum atomic E-state index is 16.9. The third kappa shape index (κ3) is 5.92. The van der Waals surface area contributed by atoms with Crippen molar-refractivity contribution in [3.8, 4) is 23.0 Å². The van der Waals surface area contributed by atoms with Crippen LogP contribution in [0.3, 0.4) is 0 Å². The number of aliphatic hydroxyl groups is 2. The number of nitrogens with zero attached hydrogens (tertiary/aromatic N) is 5.